The Hall–Kier alpha value is 0.700. The molecule has 0 aromatic rings. The van der Waals surface area contributed by atoms with Crippen LogP contribution in [0.3, 0.4) is 0 Å². The molecule has 3 atom stereocenters. The smallest absolute Gasteiger partial charge is 0.0220 e. The first-order valence-corrected chi connectivity index (χ1v) is 6.65. The van der Waals surface area contributed by atoms with Crippen LogP contribution in [-0.2, 0) is 0 Å². The summed E-state index contributed by atoms with van der Waals surface area (Å²) in [6.07, 6.45) is 9.81. The molecule has 0 aromatic heterocycles. The molecule has 0 N–H and O–H groups in total. The molecule has 13 heavy (non-hydrogen) atoms. The molecule has 2 heteroatoms. The van der Waals surface area contributed by atoms with Gasteiger partial charge in [-0.05, 0) is 31.1 Å². The number of hydrogen-bond acceptors (Lipinski definition) is 2. The van der Waals surface area contributed by atoms with Crippen LogP contribution < -0.4 is 0 Å². The van der Waals surface area contributed by atoms with E-state index in [4.69, 9.17) is 12.6 Å². The highest BCUT2D eigenvalue weighted by Crippen LogP contribution is 2.50. The minimum absolute atomic E-state index is 0.257. The van der Waals surface area contributed by atoms with Crippen LogP contribution in [0, 0.1) is 11.8 Å². The Kier molecular flexibility index (Phi) is 3.19. The van der Waals surface area contributed by atoms with Crippen molar-refractivity contribution in [2.24, 2.45) is 11.8 Å². The zero-order chi connectivity index (χ0) is 9.31. The van der Waals surface area contributed by atoms with Crippen LogP contribution in [0.4, 0.5) is 0 Å². The van der Waals surface area contributed by atoms with Crippen LogP contribution in [-0.4, -0.2) is 10.5 Å². The van der Waals surface area contributed by atoms with Crippen LogP contribution >= 0.6 is 25.3 Å². The summed E-state index contributed by atoms with van der Waals surface area (Å²) in [5.41, 5.74) is 0. The molecule has 3 unspecified atom stereocenters. The Balaban J connectivity index is 1.95. The number of fused-ring (bicyclic) bond motifs is 1. The molecule has 2 aliphatic carbocycles. The summed E-state index contributed by atoms with van der Waals surface area (Å²) in [4.78, 5) is 0. The molecule has 0 aliphatic heterocycles. The molecule has 0 heterocycles. The van der Waals surface area contributed by atoms with Crippen LogP contribution in [0.5, 0.6) is 0 Å². The second-order valence-electron chi connectivity index (χ2n) is 4.94. The van der Waals surface area contributed by atoms with E-state index in [1.165, 1.54) is 44.9 Å². The maximum atomic E-state index is 4.82. The van der Waals surface area contributed by atoms with Gasteiger partial charge in [-0.1, -0.05) is 25.7 Å². The minimum atomic E-state index is 0.257. The Morgan fingerprint density at radius 2 is 2.00 bits per heavy atom. The first-order valence-electron chi connectivity index (χ1n) is 5.57. The standard InChI is InChI=1S/C11H20S2/c12-8-11(13)5-3-1-2-4-9-6-10(9)7-11/h9-10,12-13H,1-8H2. The third-order valence-corrected chi connectivity index (χ3v) is 5.14. The predicted molar refractivity (Wildman–Crippen MR) is 64.9 cm³/mol. The van der Waals surface area contributed by atoms with Crippen molar-refractivity contribution in [3.63, 3.8) is 0 Å². The van der Waals surface area contributed by atoms with Gasteiger partial charge in [0.15, 0.2) is 0 Å². The van der Waals surface area contributed by atoms with E-state index in [1.807, 2.05) is 0 Å². The zero-order valence-corrected chi connectivity index (χ0v) is 9.99. The molecule has 2 fully saturated rings. The van der Waals surface area contributed by atoms with Crippen molar-refractivity contribution in [2.75, 3.05) is 5.75 Å². The van der Waals surface area contributed by atoms with E-state index >= 15 is 0 Å². The first kappa shape index (κ1) is 10.2. The van der Waals surface area contributed by atoms with Gasteiger partial charge in [-0.3, -0.25) is 0 Å². The van der Waals surface area contributed by atoms with E-state index < -0.39 is 0 Å². The zero-order valence-electron chi connectivity index (χ0n) is 8.21. The van der Waals surface area contributed by atoms with Gasteiger partial charge in [0.1, 0.15) is 0 Å². The van der Waals surface area contributed by atoms with Gasteiger partial charge in [0.2, 0.25) is 0 Å². The van der Waals surface area contributed by atoms with Crippen molar-refractivity contribution >= 4 is 25.3 Å². The van der Waals surface area contributed by atoms with E-state index in [0.717, 1.165) is 17.6 Å². The molecule has 76 valence electrons. The van der Waals surface area contributed by atoms with Crippen LogP contribution in [0.2, 0.25) is 0 Å². The highest BCUT2D eigenvalue weighted by atomic mass is 32.1. The molecule has 0 aromatic carbocycles. The summed E-state index contributed by atoms with van der Waals surface area (Å²) in [5.74, 6) is 3.02. The van der Waals surface area contributed by atoms with Gasteiger partial charge in [-0.2, -0.15) is 25.3 Å². The molecular weight excluding hydrogens is 196 g/mol. The molecule has 0 bridgehead atoms. The second kappa shape index (κ2) is 4.06. The quantitative estimate of drug-likeness (QED) is 0.615. The maximum Gasteiger partial charge on any atom is 0.0220 e. The Morgan fingerprint density at radius 1 is 1.15 bits per heavy atom. The van der Waals surface area contributed by atoms with Crippen molar-refractivity contribution in [1.29, 1.82) is 0 Å². The van der Waals surface area contributed by atoms with Crippen LogP contribution in [0.15, 0.2) is 0 Å². The summed E-state index contributed by atoms with van der Waals surface area (Å²) in [7, 11) is 0. The minimum Gasteiger partial charge on any atom is -0.178 e. The predicted octanol–water partition coefficient (Wildman–Crippen LogP) is 3.58. The lowest BCUT2D eigenvalue weighted by atomic mass is 9.97. The van der Waals surface area contributed by atoms with Crippen molar-refractivity contribution in [1.82, 2.24) is 0 Å². The largest absolute Gasteiger partial charge is 0.178 e. The van der Waals surface area contributed by atoms with E-state index in [2.05, 4.69) is 12.6 Å². The average molecular weight is 216 g/mol. The summed E-state index contributed by atoms with van der Waals surface area (Å²) >= 11 is 9.27. The summed E-state index contributed by atoms with van der Waals surface area (Å²) in [5, 5.41) is 0. The molecule has 0 radical (unpaired) electrons. The topological polar surface area (TPSA) is 0 Å². The highest BCUT2D eigenvalue weighted by Gasteiger charge is 2.41. The van der Waals surface area contributed by atoms with E-state index in [-0.39, 0.29) is 4.75 Å². The van der Waals surface area contributed by atoms with Crippen molar-refractivity contribution < 1.29 is 0 Å². The fourth-order valence-corrected chi connectivity index (χ4v) is 3.36. The summed E-state index contributed by atoms with van der Waals surface area (Å²) in [6, 6.07) is 0. The molecule has 0 nitrogen and oxygen atoms in total. The fourth-order valence-electron chi connectivity index (χ4n) is 2.68. The lowest BCUT2D eigenvalue weighted by Gasteiger charge is -2.26. The molecule has 2 saturated carbocycles. The number of rotatable bonds is 1. The molecular formula is C11H20S2. The van der Waals surface area contributed by atoms with E-state index in [1.54, 1.807) is 0 Å². The van der Waals surface area contributed by atoms with Crippen LogP contribution in [0.1, 0.15) is 44.9 Å². The molecule has 0 spiro atoms. The van der Waals surface area contributed by atoms with Gasteiger partial charge in [0.25, 0.3) is 0 Å². The van der Waals surface area contributed by atoms with Gasteiger partial charge < -0.3 is 0 Å². The van der Waals surface area contributed by atoms with E-state index in [9.17, 15) is 0 Å². The Labute approximate surface area is 92.7 Å². The van der Waals surface area contributed by atoms with Gasteiger partial charge in [0.05, 0.1) is 0 Å². The number of thiol groups is 2. The monoisotopic (exact) mass is 216 g/mol. The SMILES string of the molecule is SCC1(S)CCCCCC2CC2C1. The molecule has 2 aliphatic rings. The van der Waals surface area contributed by atoms with Crippen LogP contribution in [0.25, 0.3) is 0 Å². The maximum absolute atomic E-state index is 4.82. The molecule has 0 amide bonds. The third kappa shape index (κ3) is 2.59. The normalized spacial score (nSPS) is 45.7. The van der Waals surface area contributed by atoms with E-state index in [0.29, 0.717) is 0 Å². The third-order valence-electron chi connectivity index (χ3n) is 3.72. The fraction of sp³-hybridized carbons (Fsp3) is 1.00. The van der Waals surface area contributed by atoms with Gasteiger partial charge in [0, 0.05) is 10.5 Å². The van der Waals surface area contributed by atoms with Crippen molar-refractivity contribution in [3.8, 4) is 0 Å². The Morgan fingerprint density at radius 3 is 2.77 bits per heavy atom. The van der Waals surface area contributed by atoms with Gasteiger partial charge in [-0.15, -0.1) is 0 Å². The summed E-state index contributed by atoms with van der Waals surface area (Å²) < 4.78 is 0.257. The van der Waals surface area contributed by atoms with Crippen molar-refractivity contribution in [2.45, 2.75) is 49.7 Å². The summed E-state index contributed by atoms with van der Waals surface area (Å²) in [6.45, 7) is 0. The molecule has 2 rings (SSSR count). The van der Waals surface area contributed by atoms with Crippen molar-refractivity contribution in [3.05, 3.63) is 0 Å². The number of hydrogen-bond donors (Lipinski definition) is 2. The lowest BCUT2D eigenvalue weighted by Crippen LogP contribution is -2.24. The van der Waals surface area contributed by atoms with Gasteiger partial charge >= 0.3 is 0 Å². The first-order chi connectivity index (χ1) is 6.23. The second-order valence-corrected chi connectivity index (χ2v) is 6.21. The Bertz CT molecular complexity index is 181. The highest BCUT2D eigenvalue weighted by molar-refractivity contribution is 7.85. The van der Waals surface area contributed by atoms with Gasteiger partial charge in [-0.25, -0.2) is 0 Å². The molecule has 0 saturated heterocycles. The lowest BCUT2D eigenvalue weighted by molar-refractivity contribution is 0.498. The average Bonchev–Trinajstić information content (AvgIpc) is 2.82.